The van der Waals surface area contributed by atoms with Crippen LogP contribution in [0, 0.1) is 11.8 Å². The molecule has 3 atom stereocenters. The molecular formula is C29H37F4N5O8S. The van der Waals surface area contributed by atoms with E-state index < -0.39 is 59.2 Å². The first-order valence-electron chi connectivity index (χ1n) is 14.1. The molecule has 47 heavy (non-hydrogen) atoms. The van der Waals surface area contributed by atoms with E-state index in [1.165, 1.54) is 30.3 Å². The molecule has 1 fully saturated rings. The van der Waals surface area contributed by atoms with Gasteiger partial charge in [-0.1, -0.05) is 25.8 Å². The van der Waals surface area contributed by atoms with Gasteiger partial charge in [-0.3, -0.25) is 5.14 Å². The normalized spacial score (nSPS) is 18.7. The summed E-state index contributed by atoms with van der Waals surface area (Å²) in [6.45, 7) is 1.79. The van der Waals surface area contributed by atoms with E-state index >= 15 is 0 Å². The number of rotatable bonds is 9. The van der Waals surface area contributed by atoms with E-state index in [1.807, 2.05) is 13.8 Å². The zero-order valence-corrected chi connectivity index (χ0v) is 26.1. The maximum absolute atomic E-state index is 14.9. The zero-order valence-electron chi connectivity index (χ0n) is 25.3. The Kier molecular flexibility index (Phi) is 11.8. The van der Waals surface area contributed by atoms with Crippen LogP contribution in [-0.2, 0) is 16.3 Å². The lowest BCUT2D eigenvalue weighted by Crippen LogP contribution is -2.57. The van der Waals surface area contributed by atoms with Gasteiger partial charge in [0.25, 0.3) is 0 Å². The Labute approximate surface area is 267 Å². The number of fused-ring (bicyclic) bond motifs is 1. The highest BCUT2D eigenvalue weighted by Gasteiger charge is 2.38. The molecule has 2 heterocycles. The third kappa shape index (κ3) is 10.4. The quantitative estimate of drug-likeness (QED) is 0.0671. The predicted molar refractivity (Wildman–Crippen MR) is 167 cm³/mol. The monoisotopic (exact) mass is 691 g/mol. The molecule has 1 aromatic heterocycles. The summed E-state index contributed by atoms with van der Waals surface area (Å²) >= 11 is 0. The molecule has 3 unspecified atom stereocenters. The van der Waals surface area contributed by atoms with Crippen LogP contribution in [-0.4, -0.2) is 100 Å². The molecule has 0 aliphatic carbocycles. The van der Waals surface area contributed by atoms with E-state index in [-0.39, 0.29) is 41.3 Å². The minimum Gasteiger partial charge on any atom is -0.415 e. The van der Waals surface area contributed by atoms with Crippen molar-refractivity contribution in [1.82, 2.24) is 9.47 Å². The van der Waals surface area contributed by atoms with Crippen LogP contribution in [0.2, 0.25) is 0 Å². The van der Waals surface area contributed by atoms with Crippen molar-refractivity contribution in [3.05, 3.63) is 48.2 Å². The zero-order chi connectivity index (χ0) is 35.4. The number of piperidine rings is 1. The number of aliphatic hydroxyl groups is 6. The van der Waals surface area contributed by atoms with Gasteiger partial charge in [-0.05, 0) is 54.6 Å². The number of anilines is 2. The molecule has 10 N–H and O–H groups in total. The minimum absolute atomic E-state index is 0.0215. The molecule has 0 amide bonds. The van der Waals surface area contributed by atoms with Crippen LogP contribution < -0.4 is 20.5 Å². The number of ether oxygens (including phenoxy) is 1. The molecule has 18 heteroatoms. The number of alkyl halides is 4. The number of likely N-dealkylation sites (tertiary alicyclic amines) is 1. The highest BCUT2D eigenvalue weighted by Crippen LogP contribution is 2.32. The Morgan fingerprint density at radius 3 is 2.34 bits per heavy atom. The van der Waals surface area contributed by atoms with Gasteiger partial charge in [-0.2, -0.15) is 13.2 Å². The first-order chi connectivity index (χ1) is 21.7. The van der Waals surface area contributed by atoms with Crippen LogP contribution in [0.4, 0.5) is 28.9 Å². The summed E-state index contributed by atoms with van der Waals surface area (Å²) in [6, 6.07) is 8.63. The molecule has 0 bridgehead atoms. The van der Waals surface area contributed by atoms with E-state index in [0.717, 1.165) is 15.5 Å². The van der Waals surface area contributed by atoms with E-state index in [0.29, 0.717) is 11.1 Å². The topological polar surface area (TPSA) is 206 Å². The number of nitrogens with zero attached hydrogens (tertiary/aromatic N) is 2. The lowest BCUT2D eigenvalue weighted by molar-refractivity contribution is -0.419. The van der Waals surface area contributed by atoms with E-state index in [1.54, 1.807) is 6.07 Å². The van der Waals surface area contributed by atoms with Crippen LogP contribution >= 0.6 is 0 Å². The van der Waals surface area contributed by atoms with Crippen molar-refractivity contribution in [2.24, 2.45) is 5.14 Å². The molecule has 2 aromatic carbocycles. The van der Waals surface area contributed by atoms with Gasteiger partial charge in [-0.15, -0.1) is 0 Å². The third-order valence-electron chi connectivity index (χ3n) is 6.77. The maximum atomic E-state index is 14.9. The van der Waals surface area contributed by atoms with Gasteiger partial charge in [0.2, 0.25) is 0 Å². The SMILES string of the molecule is C=S(N)(=O)c1ccc(NCC#Cc2cc3c(NC4CCN(C(O)(O)O)CC4F)cccc3n2CC(F)(F)F)c(OC(O)(O)O)c1.CC. The number of nitrogens with two attached hydrogens (primary N) is 1. The highest BCUT2D eigenvalue weighted by atomic mass is 32.2. The summed E-state index contributed by atoms with van der Waals surface area (Å²) in [6.07, 6.45) is -13.0. The molecule has 4 rings (SSSR count). The van der Waals surface area contributed by atoms with Gasteiger partial charge < -0.3 is 50.6 Å². The van der Waals surface area contributed by atoms with Crippen molar-refractivity contribution in [3.63, 3.8) is 0 Å². The fourth-order valence-electron chi connectivity index (χ4n) is 4.77. The largest absolute Gasteiger partial charge is 0.453 e. The van der Waals surface area contributed by atoms with Crippen molar-refractivity contribution >= 4 is 37.9 Å². The van der Waals surface area contributed by atoms with Gasteiger partial charge in [0.15, 0.2) is 5.75 Å². The molecular weight excluding hydrogens is 654 g/mol. The van der Waals surface area contributed by atoms with Gasteiger partial charge in [0.05, 0.1) is 39.2 Å². The molecule has 1 aliphatic rings. The summed E-state index contributed by atoms with van der Waals surface area (Å²) in [7, 11) is -3.25. The Morgan fingerprint density at radius 1 is 1.09 bits per heavy atom. The molecule has 0 saturated carbocycles. The molecule has 0 radical (unpaired) electrons. The van der Waals surface area contributed by atoms with Crippen molar-refractivity contribution in [2.75, 3.05) is 30.3 Å². The predicted octanol–water partition coefficient (Wildman–Crippen LogP) is 1.02. The molecule has 1 aliphatic heterocycles. The molecule has 0 spiro atoms. The number of nitrogens with one attached hydrogen (secondary N) is 2. The minimum atomic E-state index is -4.62. The number of aromatic nitrogens is 1. The average Bonchev–Trinajstić information content (AvgIpc) is 3.28. The molecule has 260 valence electrons. The standard InChI is InChI=1S/C27H31F4N5O8S.C2H6/c1-45(32,43)17-7-8-22(24(13-17)44-27(40,41)42)33-10-3-4-16-12-18-20(5-2-6-23(18)36(16)15-25(29,30)31)34-21-9-11-35(14-19(21)28)26(37,38)39;1-2/h2,5-8,12-13,19,21,33-34,37-42H,1,9-11,14-15H2,(H2,32,43);1-2H3. The fourth-order valence-corrected chi connectivity index (χ4v) is 5.38. The fraction of sp³-hybridized carbons (Fsp3) is 0.414. The second-order valence-electron chi connectivity index (χ2n) is 10.3. The molecule has 13 nitrogen and oxygen atoms in total. The molecule has 1 saturated heterocycles. The maximum Gasteiger partial charge on any atom is 0.453 e. The smallest absolute Gasteiger partial charge is 0.415 e. The summed E-state index contributed by atoms with van der Waals surface area (Å²) in [5.41, 5.74) is 0.441. The van der Waals surface area contributed by atoms with Crippen molar-refractivity contribution < 1.29 is 57.1 Å². The van der Waals surface area contributed by atoms with E-state index in [9.17, 15) is 52.4 Å². The lowest BCUT2D eigenvalue weighted by Gasteiger charge is -2.38. The Morgan fingerprint density at radius 2 is 1.77 bits per heavy atom. The lowest BCUT2D eigenvalue weighted by atomic mass is 10.0. The summed E-state index contributed by atoms with van der Waals surface area (Å²) in [4.78, 5) is 0.680. The Balaban J connectivity index is 0.00000294. The van der Waals surface area contributed by atoms with Gasteiger partial charge in [-0.25, -0.2) is 13.5 Å². The number of hydrogen-bond acceptors (Lipinski definition) is 11. The van der Waals surface area contributed by atoms with E-state index in [4.69, 9.17) is 5.14 Å². The Bertz CT molecular complexity index is 1710. The third-order valence-corrected chi connectivity index (χ3v) is 7.82. The summed E-state index contributed by atoms with van der Waals surface area (Å²) in [5, 5.41) is 67.3. The van der Waals surface area contributed by atoms with Crippen LogP contribution in [0.5, 0.6) is 5.75 Å². The van der Waals surface area contributed by atoms with Crippen LogP contribution in [0.1, 0.15) is 26.0 Å². The van der Waals surface area contributed by atoms with Crippen molar-refractivity contribution in [3.8, 4) is 17.6 Å². The van der Waals surface area contributed by atoms with Gasteiger partial charge >= 0.3 is 18.4 Å². The summed E-state index contributed by atoms with van der Waals surface area (Å²) in [5.74, 6) is 8.22. The van der Waals surface area contributed by atoms with Crippen LogP contribution in [0.15, 0.2) is 47.4 Å². The summed E-state index contributed by atoms with van der Waals surface area (Å²) < 4.78 is 73.2. The Hall–Kier alpha value is -3.64. The van der Waals surface area contributed by atoms with Gasteiger partial charge in [0.1, 0.15) is 12.7 Å². The number of benzene rings is 2. The second-order valence-corrected chi connectivity index (χ2v) is 12.2. The first-order valence-corrected chi connectivity index (χ1v) is 15.9. The highest BCUT2D eigenvalue weighted by molar-refractivity contribution is 7.98. The van der Waals surface area contributed by atoms with Crippen LogP contribution in [0.25, 0.3) is 10.9 Å². The number of halogens is 4. The van der Waals surface area contributed by atoms with Crippen molar-refractivity contribution in [1.29, 1.82) is 0 Å². The van der Waals surface area contributed by atoms with Crippen LogP contribution in [0.3, 0.4) is 0 Å². The number of hydrogen-bond donors (Lipinski definition) is 9. The van der Waals surface area contributed by atoms with E-state index in [2.05, 4.69) is 33.1 Å². The first kappa shape index (κ1) is 37.8. The van der Waals surface area contributed by atoms with Crippen molar-refractivity contribution in [2.45, 2.75) is 62.4 Å². The average molecular weight is 692 g/mol. The second kappa shape index (κ2) is 14.6. The molecule has 3 aromatic rings. The van der Waals surface area contributed by atoms with Gasteiger partial charge in [0, 0.05) is 29.1 Å².